The van der Waals surface area contributed by atoms with Crippen LogP contribution in [-0.4, -0.2) is 23.2 Å². The van der Waals surface area contributed by atoms with Gasteiger partial charge in [-0.1, -0.05) is 35.0 Å². The Morgan fingerprint density at radius 2 is 2.35 bits per heavy atom. The number of carbonyl (C=O) groups excluding carboxylic acids is 1. The number of rotatable bonds is 6. The summed E-state index contributed by atoms with van der Waals surface area (Å²) in [5.41, 5.74) is 1.48. The van der Waals surface area contributed by atoms with Crippen LogP contribution in [0, 0.1) is 0 Å². The molecule has 0 saturated heterocycles. The number of allylic oxidation sites excluding steroid dienone is 1. The molecule has 0 fully saturated rings. The molecule has 1 N–H and O–H groups in total. The predicted molar refractivity (Wildman–Crippen MR) is 84.1 cm³/mol. The third kappa shape index (κ3) is 5.17. The Hall–Kier alpha value is -1.00. The molecule has 1 aliphatic rings. The molecule has 1 heterocycles. The second kappa shape index (κ2) is 8.32. The average Bonchev–Trinajstić information content (AvgIpc) is 2.47. The molecule has 108 valence electrons. The van der Waals surface area contributed by atoms with Crippen molar-refractivity contribution >= 4 is 29.3 Å². The normalized spacial score (nSPS) is 14.8. The van der Waals surface area contributed by atoms with E-state index < -0.39 is 0 Å². The van der Waals surface area contributed by atoms with E-state index in [4.69, 9.17) is 11.6 Å². The van der Waals surface area contributed by atoms with Gasteiger partial charge in [0.15, 0.2) is 0 Å². The number of hydrogen-bond donors (Lipinski definition) is 1. The van der Waals surface area contributed by atoms with Gasteiger partial charge in [0.1, 0.15) is 5.03 Å². The number of carbonyl (C=O) groups is 1. The van der Waals surface area contributed by atoms with Gasteiger partial charge in [0.05, 0.1) is 10.8 Å². The van der Waals surface area contributed by atoms with Gasteiger partial charge in [-0.3, -0.25) is 4.79 Å². The van der Waals surface area contributed by atoms with Crippen LogP contribution in [0.2, 0.25) is 5.02 Å². The highest BCUT2D eigenvalue weighted by atomic mass is 35.5. The van der Waals surface area contributed by atoms with E-state index in [0.29, 0.717) is 15.8 Å². The summed E-state index contributed by atoms with van der Waals surface area (Å²) in [7, 11) is 0. The third-order valence-electron chi connectivity index (χ3n) is 3.22. The summed E-state index contributed by atoms with van der Waals surface area (Å²) in [6.07, 6.45) is 9.94. The molecule has 1 aromatic heterocycles. The van der Waals surface area contributed by atoms with Crippen LogP contribution in [0.25, 0.3) is 0 Å². The Morgan fingerprint density at radius 3 is 3.10 bits per heavy atom. The van der Waals surface area contributed by atoms with Gasteiger partial charge < -0.3 is 5.32 Å². The molecule has 0 spiro atoms. The maximum atomic E-state index is 11.7. The number of halogens is 1. The van der Waals surface area contributed by atoms with E-state index in [1.807, 2.05) is 0 Å². The van der Waals surface area contributed by atoms with Gasteiger partial charge >= 0.3 is 0 Å². The topological polar surface area (TPSA) is 42.0 Å². The fourth-order valence-electron chi connectivity index (χ4n) is 2.16. The van der Waals surface area contributed by atoms with Crippen LogP contribution in [0.3, 0.4) is 0 Å². The minimum atomic E-state index is 0.0353. The molecule has 0 radical (unpaired) electrons. The highest BCUT2D eigenvalue weighted by Gasteiger charge is 2.07. The van der Waals surface area contributed by atoms with Crippen molar-refractivity contribution in [1.82, 2.24) is 10.3 Å². The summed E-state index contributed by atoms with van der Waals surface area (Å²) in [5.74, 6) is 0.392. The number of nitrogens with zero attached hydrogens (tertiary/aromatic N) is 1. The van der Waals surface area contributed by atoms with E-state index in [0.717, 1.165) is 13.0 Å². The van der Waals surface area contributed by atoms with Crippen LogP contribution < -0.4 is 5.32 Å². The first-order valence-corrected chi connectivity index (χ1v) is 8.30. The van der Waals surface area contributed by atoms with E-state index in [2.05, 4.69) is 16.4 Å². The lowest BCUT2D eigenvalue weighted by molar-refractivity contribution is -0.118. The van der Waals surface area contributed by atoms with Gasteiger partial charge in [0.25, 0.3) is 0 Å². The highest BCUT2D eigenvalue weighted by Crippen LogP contribution is 2.23. The number of thioether (sulfide) groups is 1. The van der Waals surface area contributed by atoms with Crippen molar-refractivity contribution in [2.45, 2.75) is 37.1 Å². The molecule has 2 rings (SSSR count). The minimum Gasteiger partial charge on any atom is -0.355 e. The Labute approximate surface area is 129 Å². The van der Waals surface area contributed by atoms with Gasteiger partial charge in [0.2, 0.25) is 5.91 Å². The van der Waals surface area contributed by atoms with Crippen molar-refractivity contribution in [2.75, 3.05) is 12.3 Å². The lowest BCUT2D eigenvalue weighted by atomic mass is 9.97. The number of aromatic nitrogens is 1. The first-order valence-electron chi connectivity index (χ1n) is 6.93. The van der Waals surface area contributed by atoms with Gasteiger partial charge in [0, 0.05) is 12.7 Å². The fraction of sp³-hybridized carbons (Fsp3) is 0.467. The van der Waals surface area contributed by atoms with Crippen LogP contribution >= 0.6 is 23.4 Å². The monoisotopic (exact) mass is 310 g/mol. The molecule has 20 heavy (non-hydrogen) atoms. The van der Waals surface area contributed by atoms with Crippen LogP contribution in [0.1, 0.15) is 32.1 Å². The first-order chi connectivity index (χ1) is 9.75. The third-order valence-corrected chi connectivity index (χ3v) is 4.64. The number of pyridine rings is 1. The van der Waals surface area contributed by atoms with E-state index in [1.165, 1.54) is 43.0 Å². The van der Waals surface area contributed by atoms with Gasteiger partial charge in [-0.05, 0) is 44.2 Å². The maximum absolute atomic E-state index is 11.7. The Kier molecular flexibility index (Phi) is 6.40. The summed E-state index contributed by atoms with van der Waals surface area (Å²) >= 11 is 7.36. The van der Waals surface area contributed by atoms with Gasteiger partial charge in [-0.15, -0.1) is 0 Å². The molecular formula is C15H19ClN2OS. The summed E-state index contributed by atoms with van der Waals surface area (Å²) < 4.78 is 0. The van der Waals surface area contributed by atoms with Gasteiger partial charge in [-0.2, -0.15) is 0 Å². The second-order valence-electron chi connectivity index (χ2n) is 4.79. The molecule has 0 unspecified atom stereocenters. The van der Waals surface area contributed by atoms with Crippen LogP contribution in [0.15, 0.2) is 35.0 Å². The minimum absolute atomic E-state index is 0.0353. The van der Waals surface area contributed by atoms with Crippen LogP contribution in [0.5, 0.6) is 0 Å². The van der Waals surface area contributed by atoms with Crippen molar-refractivity contribution in [1.29, 1.82) is 0 Å². The Bertz CT molecular complexity index is 491. The molecule has 0 atom stereocenters. The summed E-state index contributed by atoms with van der Waals surface area (Å²) in [6, 6.07) is 3.56. The van der Waals surface area contributed by atoms with Crippen molar-refractivity contribution in [3.05, 3.63) is 35.0 Å². The van der Waals surface area contributed by atoms with Crippen molar-refractivity contribution < 1.29 is 4.79 Å². The number of hydrogen-bond acceptors (Lipinski definition) is 3. The zero-order valence-electron chi connectivity index (χ0n) is 11.4. The first kappa shape index (κ1) is 15.4. The molecule has 0 aromatic carbocycles. The predicted octanol–water partition coefficient (Wildman–Crippen LogP) is 3.83. The summed E-state index contributed by atoms with van der Waals surface area (Å²) in [4.78, 5) is 15.9. The lowest BCUT2D eigenvalue weighted by Gasteiger charge is -2.12. The number of amides is 1. The molecular weight excluding hydrogens is 292 g/mol. The van der Waals surface area contributed by atoms with Crippen LogP contribution in [-0.2, 0) is 4.79 Å². The summed E-state index contributed by atoms with van der Waals surface area (Å²) in [6.45, 7) is 0.723. The van der Waals surface area contributed by atoms with Crippen molar-refractivity contribution in [3.8, 4) is 0 Å². The van der Waals surface area contributed by atoms with E-state index >= 15 is 0 Å². The van der Waals surface area contributed by atoms with Crippen LogP contribution in [0.4, 0.5) is 0 Å². The largest absolute Gasteiger partial charge is 0.355 e. The fourth-order valence-corrected chi connectivity index (χ4v) is 3.15. The number of nitrogens with one attached hydrogen (secondary N) is 1. The zero-order valence-corrected chi connectivity index (χ0v) is 13.0. The highest BCUT2D eigenvalue weighted by molar-refractivity contribution is 8.00. The van der Waals surface area contributed by atoms with Crippen molar-refractivity contribution in [2.24, 2.45) is 0 Å². The Balaban J connectivity index is 1.65. The summed E-state index contributed by atoms with van der Waals surface area (Å²) in [5, 5.41) is 4.25. The SMILES string of the molecule is O=C(CSc1ncccc1Cl)NCCC1=CCCCC1. The molecule has 0 bridgehead atoms. The van der Waals surface area contributed by atoms with E-state index in [9.17, 15) is 4.79 Å². The molecule has 3 nitrogen and oxygen atoms in total. The molecule has 1 aromatic rings. The maximum Gasteiger partial charge on any atom is 0.230 e. The Morgan fingerprint density at radius 1 is 1.45 bits per heavy atom. The molecule has 0 saturated carbocycles. The molecule has 5 heteroatoms. The zero-order chi connectivity index (χ0) is 14.2. The smallest absolute Gasteiger partial charge is 0.230 e. The standard InChI is InChI=1S/C15H19ClN2OS/c16-13-7-4-9-18-15(13)20-11-14(19)17-10-8-12-5-2-1-3-6-12/h4-5,7,9H,1-3,6,8,10-11H2,(H,17,19). The average molecular weight is 311 g/mol. The van der Waals surface area contributed by atoms with E-state index in [1.54, 1.807) is 18.3 Å². The van der Waals surface area contributed by atoms with E-state index in [-0.39, 0.29) is 5.91 Å². The van der Waals surface area contributed by atoms with Gasteiger partial charge in [-0.25, -0.2) is 4.98 Å². The molecule has 1 aliphatic carbocycles. The molecule has 1 amide bonds. The van der Waals surface area contributed by atoms with Crippen molar-refractivity contribution in [3.63, 3.8) is 0 Å². The lowest BCUT2D eigenvalue weighted by Crippen LogP contribution is -2.26. The quantitative estimate of drug-likeness (QED) is 0.641. The molecule has 0 aliphatic heterocycles. The second-order valence-corrected chi connectivity index (χ2v) is 6.16.